The van der Waals surface area contributed by atoms with Crippen LogP contribution < -0.4 is 5.32 Å². The van der Waals surface area contributed by atoms with Gasteiger partial charge in [-0.2, -0.15) is 0 Å². The van der Waals surface area contributed by atoms with Gasteiger partial charge in [0, 0.05) is 18.9 Å². The first kappa shape index (κ1) is 13.6. The summed E-state index contributed by atoms with van der Waals surface area (Å²) in [5.74, 6) is -0.413. The maximum atomic E-state index is 10.9. The topological polar surface area (TPSA) is 79.5 Å². The minimum Gasteiger partial charge on any atom is -0.478 e. The van der Waals surface area contributed by atoms with Crippen molar-refractivity contribution in [3.8, 4) is 0 Å². The van der Waals surface area contributed by atoms with Gasteiger partial charge in [0.25, 0.3) is 0 Å². The Morgan fingerprint density at radius 3 is 2.81 bits per heavy atom. The van der Waals surface area contributed by atoms with Crippen LogP contribution in [0.5, 0.6) is 0 Å². The molecule has 0 saturated heterocycles. The van der Waals surface area contributed by atoms with Crippen molar-refractivity contribution >= 4 is 33.4 Å². The van der Waals surface area contributed by atoms with Gasteiger partial charge in [0.15, 0.2) is 11.5 Å². The molecule has 0 unspecified atom stereocenters. The molecule has 0 aliphatic heterocycles. The fourth-order valence-electron chi connectivity index (χ4n) is 1.91. The number of carbonyl (C=O) groups is 1. The number of hydrogen-bond acceptors (Lipinski definition) is 4. The highest BCUT2D eigenvalue weighted by atomic mass is 79.9. The normalized spacial score (nSPS) is 10.7. The largest absolute Gasteiger partial charge is 0.478 e. The van der Waals surface area contributed by atoms with Crippen LogP contribution in [0.1, 0.15) is 15.9 Å². The van der Waals surface area contributed by atoms with Crippen molar-refractivity contribution < 1.29 is 9.90 Å². The van der Waals surface area contributed by atoms with E-state index in [1.807, 2.05) is 30.3 Å². The molecule has 0 saturated carbocycles. The van der Waals surface area contributed by atoms with Crippen LogP contribution in [0.2, 0.25) is 0 Å². The maximum absolute atomic E-state index is 10.9. The molecule has 0 atom stereocenters. The molecule has 0 spiro atoms. The van der Waals surface area contributed by atoms with Crippen LogP contribution in [0.3, 0.4) is 0 Å². The molecule has 2 heterocycles. The van der Waals surface area contributed by atoms with E-state index in [0.29, 0.717) is 22.5 Å². The Kier molecular flexibility index (Phi) is 3.57. The van der Waals surface area contributed by atoms with Crippen molar-refractivity contribution in [1.29, 1.82) is 0 Å². The lowest BCUT2D eigenvalue weighted by atomic mass is 10.2. The van der Waals surface area contributed by atoms with E-state index in [4.69, 9.17) is 5.11 Å². The molecule has 0 aliphatic rings. The number of rotatable bonds is 4. The van der Waals surface area contributed by atoms with Gasteiger partial charge in [-0.05, 0) is 21.5 Å². The molecule has 3 aromatic rings. The summed E-state index contributed by atoms with van der Waals surface area (Å²) in [6.45, 7) is 0.620. The molecule has 0 radical (unpaired) electrons. The molecular weight excluding hydrogens is 336 g/mol. The Balaban J connectivity index is 1.89. The summed E-state index contributed by atoms with van der Waals surface area (Å²) in [7, 11) is 0. The lowest BCUT2D eigenvalue weighted by Gasteiger charge is -2.02. The molecule has 7 heteroatoms. The lowest BCUT2D eigenvalue weighted by molar-refractivity contribution is 0.0695. The molecule has 21 heavy (non-hydrogen) atoms. The predicted molar refractivity (Wildman–Crippen MR) is 81.4 cm³/mol. The van der Waals surface area contributed by atoms with E-state index < -0.39 is 5.97 Å². The number of hydrogen-bond donors (Lipinski definition) is 2. The highest BCUT2D eigenvalue weighted by molar-refractivity contribution is 9.10. The van der Waals surface area contributed by atoms with E-state index in [1.54, 1.807) is 0 Å². The zero-order valence-corrected chi connectivity index (χ0v) is 12.4. The van der Waals surface area contributed by atoms with Crippen LogP contribution in [0.25, 0.3) is 5.65 Å². The molecule has 2 N–H and O–H groups in total. The van der Waals surface area contributed by atoms with E-state index in [1.165, 1.54) is 16.9 Å². The Morgan fingerprint density at radius 2 is 2.10 bits per heavy atom. The van der Waals surface area contributed by atoms with E-state index in [-0.39, 0.29) is 5.56 Å². The average Bonchev–Trinajstić information content (AvgIpc) is 2.82. The third-order valence-electron chi connectivity index (χ3n) is 2.97. The summed E-state index contributed by atoms with van der Waals surface area (Å²) in [6, 6.07) is 9.92. The first-order valence-electron chi connectivity index (χ1n) is 6.20. The van der Waals surface area contributed by atoms with Crippen molar-refractivity contribution in [2.75, 3.05) is 5.32 Å². The van der Waals surface area contributed by atoms with Gasteiger partial charge in [-0.1, -0.05) is 30.3 Å². The number of benzene rings is 1. The number of aromatic carboxylic acids is 1. The van der Waals surface area contributed by atoms with Gasteiger partial charge in [0.2, 0.25) is 0 Å². The summed E-state index contributed by atoms with van der Waals surface area (Å²) in [4.78, 5) is 15.0. The molecule has 0 fully saturated rings. The van der Waals surface area contributed by atoms with Crippen LogP contribution in [0, 0.1) is 0 Å². The molecule has 0 bridgehead atoms. The van der Waals surface area contributed by atoms with E-state index >= 15 is 0 Å². The van der Waals surface area contributed by atoms with Gasteiger partial charge in [-0.15, -0.1) is 5.10 Å². The van der Waals surface area contributed by atoms with Crippen molar-refractivity contribution in [3.63, 3.8) is 0 Å². The zero-order chi connectivity index (χ0) is 14.8. The number of fused-ring (bicyclic) bond motifs is 1. The van der Waals surface area contributed by atoms with Gasteiger partial charge in [-0.25, -0.2) is 14.3 Å². The summed E-state index contributed by atoms with van der Waals surface area (Å²) in [6.07, 6.45) is 2.74. The van der Waals surface area contributed by atoms with Gasteiger partial charge in [0.1, 0.15) is 4.47 Å². The monoisotopic (exact) mass is 346 g/mol. The quantitative estimate of drug-likeness (QED) is 0.759. The SMILES string of the molecule is O=C(O)c1cnc2c(Br)c(NCc3ccccc3)nn2c1. The third-order valence-corrected chi connectivity index (χ3v) is 3.70. The van der Waals surface area contributed by atoms with Crippen molar-refractivity contribution in [2.45, 2.75) is 6.54 Å². The first-order chi connectivity index (χ1) is 10.1. The molecular formula is C14H11BrN4O2. The van der Waals surface area contributed by atoms with Crippen LogP contribution in [0.15, 0.2) is 47.2 Å². The molecule has 1 aromatic carbocycles. The molecule has 0 aliphatic carbocycles. The number of anilines is 1. The summed E-state index contributed by atoms with van der Waals surface area (Å²) >= 11 is 3.43. The van der Waals surface area contributed by atoms with Gasteiger partial charge < -0.3 is 10.4 Å². The van der Waals surface area contributed by atoms with Crippen molar-refractivity contribution in [2.24, 2.45) is 0 Å². The number of nitrogens with zero attached hydrogens (tertiary/aromatic N) is 3. The Bertz CT molecular complexity index is 801. The van der Waals surface area contributed by atoms with Crippen LogP contribution >= 0.6 is 15.9 Å². The molecule has 0 amide bonds. The number of halogens is 1. The zero-order valence-electron chi connectivity index (χ0n) is 10.8. The highest BCUT2D eigenvalue weighted by Gasteiger charge is 2.13. The fraction of sp³-hybridized carbons (Fsp3) is 0.0714. The maximum Gasteiger partial charge on any atom is 0.338 e. The Hall–Kier alpha value is -2.41. The van der Waals surface area contributed by atoms with E-state index in [0.717, 1.165) is 5.56 Å². The molecule has 106 valence electrons. The van der Waals surface area contributed by atoms with Crippen molar-refractivity contribution in [1.82, 2.24) is 14.6 Å². The second-order valence-electron chi connectivity index (χ2n) is 4.42. The number of carboxylic acid groups (broad SMARTS) is 1. The number of aromatic nitrogens is 3. The summed E-state index contributed by atoms with van der Waals surface area (Å²) < 4.78 is 2.15. The Morgan fingerprint density at radius 1 is 1.33 bits per heavy atom. The van der Waals surface area contributed by atoms with Crippen LogP contribution in [0.4, 0.5) is 5.82 Å². The van der Waals surface area contributed by atoms with Crippen LogP contribution in [-0.2, 0) is 6.54 Å². The minimum atomic E-state index is -1.03. The smallest absolute Gasteiger partial charge is 0.338 e. The Labute approximate surface area is 128 Å². The number of nitrogens with one attached hydrogen (secondary N) is 1. The standard InChI is InChI=1S/C14H11BrN4O2/c15-11-12(16-6-9-4-2-1-3-5-9)18-19-8-10(14(20)21)7-17-13(11)19/h1-5,7-8H,6H2,(H,16,18)(H,20,21). The molecule has 6 nitrogen and oxygen atoms in total. The average molecular weight is 347 g/mol. The van der Waals surface area contributed by atoms with E-state index in [9.17, 15) is 4.79 Å². The van der Waals surface area contributed by atoms with Gasteiger partial charge >= 0.3 is 5.97 Å². The van der Waals surface area contributed by atoms with Gasteiger partial charge in [-0.3, -0.25) is 0 Å². The molecule has 3 rings (SSSR count). The van der Waals surface area contributed by atoms with Gasteiger partial charge in [0.05, 0.1) is 5.56 Å². The summed E-state index contributed by atoms with van der Waals surface area (Å²) in [5.41, 5.74) is 1.78. The predicted octanol–water partition coefficient (Wildman–Crippen LogP) is 2.80. The lowest BCUT2D eigenvalue weighted by Crippen LogP contribution is -2.02. The minimum absolute atomic E-state index is 0.0899. The second-order valence-corrected chi connectivity index (χ2v) is 5.21. The van der Waals surface area contributed by atoms with E-state index in [2.05, 4.69) is 31.3 Å². The first-order valence-corrected chi connectivity index (χ1v) is 6.99. The van der Waals surface area contributed by atoms with Crippen LogP contribution in [-0.4, -0.2) is 25.7 Å². The third kappa shape index (κ3) is 2.73. The number of carboxylic acids is 1. The van der Waals surface area contributed by atoms with Crippen molar-refractivity contribution in [3.05, 3.63) is 58.3 Å². The highest BCUT2D eigenvalue weighted by Crippen LogP contribution is 2.25. The summed E-state index contributed by atoms with van der Waals surface area (Å²) in [5, 5.41) is 16.5. The fourth-order valence-corrected chi connectivity index (χ4v) is 2.42. The second kappa shape index (κ2) is 5.53. The molecule has 2 aromatic heterocycles.